The molecule has 58 valence electrons. The fourth-order valence-corrected chi connectivity index (χ4v) is 1.36. The molecular weight excluding hydrogens is 174 g/mol. The number of benzene rings is 1. The quantitative estimate of drug-likeness (QED) is 0.670. The maximum Gasteiger partial charge on any atom is 0.133 e. The van der Waals surface area contributed by atoms with E-state index in [9.17, 15) is 0 Å². The second kappa shape index (κ2) is 2.50. The lowest BCUT2D eigenvalue weighted by Gasteiger charge is -1.89. The van der Waals surface area contributed by atoms with Crippen LogP contribution in [0.25, 0.3) is 10.9 Å². The highest BCUT2D eigenvalue weighted by Crippen LogP contribution is 2.23. The van der Waals surface area contributed by atoms with Crippen LogP contribution in [0, 0.1) is 11.3 Å². The van der Waals surface area contributed by atoms with Crippen molar-refractivity contribution in [1.29, 1.82) is 5.26 Å². The molecule has 1 aromatic heterocycles. The molecule has 0 bridgehead atoms. The van der Waals surface area contributed by atoms with Crippen molar-refractivity contribution in [1.82, 2.24) is 10.2 Å². The smallest absolute Gasteiger partial charge is 0.133 e. The maximum atomic E-state index is 8.73. The molecule has 1 N–H and O–H groups in total. The molecule has 2 rings (SSSR count). The highest BCUT2D eigenvalue weighted by atomic mass is 35.5. The number of nitrogens with zero attached hydrogens (tertiary/aromatic N) is 2. The number of fused-ring (bicyclic) bond motifs is 1. The molecule has 0 unspecified atom stereocenters. The fourth-order valence-electron chi connectivity index (χ4n) is 1.12. The third-order valence-corrected chi connectivity index (χ3v) is 1.93. The summed E-state index contributed by atoms with van der Waals surface area (Å²) in [5.74, 6) is 0. The number of nitriles is 1. The molecular formula is C8H4ClN3. The molecule has 4 heteroatoms. The summed E-state index contributed by atoms with van der Waals surface area (Å²) < 4.78 is 0. The van der Waals surface area contributed by atoms with E-state index in [1.54, 1.807) is 18.2 Å². The minimum atomic E-state index is 0.419. The van der Waals surface area contributed by atoms with E-state index in [2.05, 4.69) is 16.3 Å². The van der Waals surface area contributed by atoms with Crippen molar-refractivity contribution >= 4 is 22.5 Å². The molecule has 12 heavy (non-hydrogen) atoms. The van der Waals surface area contributed by atoms with Crippen LogP contribution in [-0.4, -0.2) is 10.2 Å². The summed E-state index contributed by atoms with van der Waals surface area (Å²) in [7, 11) is 0. The number of H-pyrrole nitrogens is 1. The number of halogens is 1. The third-order valence-electron chi connectivity index (χ3n) is 1.66. The Kier molecular flexibility index (Phi) is 1.49. The van der Waals surface area contributed by atoms with Gasteiger partial charge in [-0.25, -0.2) is 0 Å². The first-order valence-corrected chi connectivity index (χ1v) is 3.73. The van der Waals surface area contributed by atoms with Crippen molar-refractivity contribution in [2.75, 3.05) is 0 Å². The standard InChI is InChI=1S/C8H4ClN3/c9-8-7-5(4-10)2-1-3-6(7)11-12-8/h1-3H,(H,11,12). The van der Waals surface area contributed by atoms with Crippen LogP contribution >= 0.6 is 11.6 Å². The molecule has 0 amide bonds. The van der Waals surface area contributed by atoms with Crippen LogP contribution in [0.5, 0.6) is 0 Å². The molecule has 0 spiro atoms. The topological polar surface area (TPSA) is 52.5 Å². The van der Waals surface area contributed by atoms with Crippen LogP contribution in [0.2, 0.25) is 5.15 Å². The number of hydrogen-bond donors (Lipinski definition) is 1. The fraction of sp³-hybridized carbons (Fsp3) is 0. The number of rotatable bonds is 0. The van der Waals surface area contributed by atoms with Gasteiger partial charge in [0.25, 0.3) is 0 Å². The summed E-state index contributed by atoms with van der Waals surface area (Å²) in [6.45, 7) is 0. The Morgan fingerprint density at radius 1 is 1.50 bits per heavy atom. The average Bonchev–Trinajstić information content (AvgIpc) is 2.48. The summed E-state index contributed by atoms with van der Waals surface area (Å²) in [5.41, 5.74) is 1.27. The van der Waals surface area contributed by atoms with Gasteiger partial charge in [0.1, 0.15) is 5.15 Å². The lowest BCUT2D eigenvalue weighted by molar-refractivity contribution is 1.12. The maximum absolute atomic E-state index is 8.73. The van der Waals surface area contributed by atoms with Gasteiger partial charge < -0.3 is 0 Å². The summed E-state index contributed by atoms with van der Waals surface area (Å²) in [6, 6.07) is 7.34. The Bertz CT molecular complexity index is 467. The molecule has 2 aromatic rings. The molecule has 0 saturated carbocycles. The predicted octanol–water partition coefficient (Wildman–Crippen LogP) is 2.09. The first kappa shape index (κ1) is 7.14. The van der Waals surface area contributed by atoms with Crippen LogP contribution in [0.4, 0.5) is 0 Å². The van der Waals surface area contributed by atoms with Gasteiger partial charge in [0.15, 0.2) is 0 Å². The largest absolute Gasteiger partial charge is 0.266 e. The van der Waals surface area contributed by atoms with Crippen molar-refractivity contribution < 1.29 is 0 Å². The monoisotopic (exact) mass is 177 g/mol. The molecule has 3 nitrogen and oxygen atoms in total. The van der Waals surface area contributed by atoms with Gasteiger partial charge in [-0.3, -0.25) is 5.10 Å². The third kappa shape index (κ3) is 0.858. The van der Waals surface area contributed by atoms with Gasteiger partial charge in [0.2, 0.25) is 0 Å². The van der Waals surface area contributed by atoms with Gasteiger partial charge >= 0.3 is 0 Å². The molecule has 0 fully saturated rings. The Hall–Kier alpha value is -1.53. The second-order valence-electron chi connectivity index (χ2n) is 2.35. The number of hydrogen-bond acceptors (Lipinski definition) is 2. The molecule has 0 radical (unpaired) electrons. The van der Waals surface area contributed by atoms with Gasteiger partial charge in [-0.2, -0.15) is 10.4 Å². The van der Waals surface area contributed by atoms with Gasteiger partial charge in [-0.05, 0) is 12.1 Å². The normalized spacial score (nSPS) is 10.0. The highest BCUT2D eigenvalue weighted by Gasteiger charge is 2.06. The van der Waals surface area contributed by atoms with E-state index >= 15 is 0 Å². The predicted molar refractivity (Wildman–Crippen MR) is 45.8 cm³/mol. The van der Waals surface area contributed by atoms with E-state index in [0.29, 0.717) is 16.1 Å². The molecule has 1 heterocycles. The van der Waals surface area contributed by atoms with Gasteiger partial charge in [0, 0.05) is 0 Å². The van der Waals surface area contributed by atoms with E-state index in [4.69, 9.17) is 16.9 Å². The van der Waals surface area contributed by atoms with Gasteiger partial charge in [-0.15, -0.1) is 0 Å². The van der Waals surface area contributed by atoms with Crippen LogP contribution in [0.1, 0.15) is 5.56 Å². The van der Waals surface area contributed by atoms with Crippen molar-refractivity contribution in [2.24, 2.45) is 0 Å². The summed E-state index contributed by atoms with van der Waals surface area (Å²) in [5, 5.41) is 16.4. The van der Waals surface area contributed by atoms with Gasteiger partial charge in [0.05, 0.1) is 22.5 Å². The Balaban J connectivity index is 2.96. The Morgan fingerprint density at radius 3 is 3.08 bits per heavy atom. The van der Waals surface area contributed by atoms with E-state index < -0.39 is 0 Å². The molecule has 0 aliphatic carbocycles. The molecule has 0 aliphatic heterocycles. The minimum Gasteiger partial charge on any atom is -0.266 e. The first-order valence-electron chi connectivity index (χ1n) is 3.35. The summed E-state index contributed by atoms with van der Waals surface area (Å²) in [4.78, 5) is 0. The van der Waals surface area contributed by atoms with Crippen LogP contribution in [-0.2, 0) is 0 Å². The summed E-state index contributed by atoms with van der Waals surface area (Å²) in [6.07, 6.45) is 0. The summed E-state index contributed by atoms with van der Waals surface area (Å²) >= 11 is 5.79. The number of aromatic amines is 1. The van der Waals surface area contributed by atoms with E-state index in [-0.39, 0.29) is 0 Å². The second-order valence-corrected chi connectivity index (χ2v) is 2.73. The lowest BCUT2D eigenvalue weighted by atomic mass is 10.1. The van der Waals surface area contributed by atoms with Crippen molar-refractivity contribution in [2.45, 2.75) is 0 Å². The molecule has 0 aliphatic rings. The zero-order valence-electron chi connectivity index (χ0n) is 6.00. The van der Waals surface area contributed by atoms with E-state index in [1.165, 1.54) is 0 Å². The Morgan fingerprint density at radius 2 is 2.33 bits per heavy atom. The van der Waals surface area contributed by atoms with Crippen LogP contribution < -0.4 is 0 Å². The molecule has 1 aromatic carbocycles. The lowest BCUT2D eigenvalue weighted by Crippen LogP contribution is -1.74. The van der Waals surface area contributed by atoms with E-state index in [0.717, 1.165) is 5.52 Å². The van der Waals surface area contributed by atoms with Crippen LogP contribution in [0.3, 0.4) is 0 Å². The van der Waals surface area contributed by atoms with Crippen molar-refractivity contribution in [3.05, 3.63) is 28.9 Å². The zero-order valence-corrected chi connectivity index (χ0v) is 6.76. The highest BCUT2D eigenvalue weighted by molar-refractivity contribution is 6.34. The Labute approximate surface area is 73.6 Å². The van der Waals surface area contributed by atoms with Crippen molar-refractivity contribution in [3.8, 4) is 6.07 Å². The molecule has 0 saturated heterocycles. The van der Waals surface area contributed by atoms with Crippen molar-refractivity contribution in [3.63, 3.8) is 0 Å². The van der Waals surface area contributed by atoms with Crippen LogP contribution in [0.15, 0.2) is 18.2 Å². The SMILES string of the molecule is N#Cc1cccc2n[nH]c(Cl)c12. The van der Waals surface area contributed by atoms with Gasteiger partial charge in [-0.1, -0.05) is 17.7 Å². The average molecular weight is 178 g/mol. The molecule has 0 atom stereocenters. The zero-order chi connectivity index (χ0) is 8.55. The number of nitrogens with one attached hydrogen (secondary N) is 1. The minimum absolute atomic E-state index is 0.419. The number of aromatic nitrogens is 2. The first-order chi connectivity index (χ1) is 5.83. The van der Waals surface area contributed by atoms with E-state index in [1.807, 2.05) is 0 Å².